The summed E-state index contributed by atoms with van der Waals surface area (Å²) in [4.78, 5) is 16.9. The van der Waals surface area contributed by atoms with Gasteiger partial charge < -0.3 is 14.8 Å². The third-order valence-corrected chi connectivity index (χ3v) is 3.99. The van der Waals surface area contributed by atoms with Gasteiger partial charge in [0.05, 0.1) is 18.1 Å². The maximum absolute atomic E-state index is 12.5. The molecule has 1 N–H and O–H groups in total. The molecule has 25 heavy (non-hydrogen) atoms. The van der Waals surface area contributed by atoms with Crippen molar-refractivity contribution in [3.8, 4) is 11.5 Å². The lowest BCUT2D eigenvalue weighted by atomic mass is 10.2. The van der Waals surface area contributed by atoms with Gasteiger partial charge in [-0.2, -0.15) is 5.10 Å². The number of nitrogens with one attached hydrogen (secondary N) is 1. The highest BCUT2D eigenvalue weighted by Gasteiger charge is 2.27. The average molecular weight is 338 g/mol. The largest absolute Gasteiger partial charge is 0.485 e. The minimum absolute atomic E-state index is 0.170. The number of rotatable bonds is 3. The Hall–Kier alpha value is -3.09. The number of carbonyl (C=O) groups is 1. The summed E-state index contributed by atoms with van der Waals surface area (Å²) < 4.78 is 13.1. The number of ether oxygens (including phenoxy) is 2. The van der Waals surface area contributed by atoms with E-state index in [2.05, 4.69) is 15.4 Å². The average Bonchev–Trinajstić information content (AvgIpc) is 3.04. The van der Waals surface area contributed by atoms with Crippen LogP contribution in [0.5, 0.6) is 11.5 Å². The number of para-hydroxylation sites is 2. The van der Waals surface area contributed by atoms with Crippen molar-refractivity contribution in [1.82, 2.24) is 14.8 Å². The van der Waals surface area contributed by atoms with Gasteiger partial charge in [0.15, 0.2) is 17.1 Å². The van der Waals surface area contributed by atoms with Gasteiger partial charge in [0.25, 0.3) is 5.91 Å². The zero-order valence-electron chi connectivity index (χ0n) is 14.0. The van der Waals surface area contributed by atoms with E-state index in [0.29, 0.717) is 17.2 Å². The van der Waals surface area contributed by atoms with Crippen LogP contribution in [-0.2, 0) is 4.79 Å². The fourth-order valence-corrected chi connectivity index (χ4v) is 2.76. The molecule has 1 aromatic carbocycles. The van der Waals surface area contributed by atoms with Crippen LogP contribution >= 0.6 is 0 Å². The van der Waals surface area contributed by atoms with Crippen molar-refractivity contribution in [2.75, 3.05) is 11.9 Å². The molecule has 2 aromatic heterocycles. The van der Waals surface area contributed by atoms with E-state index < -0.39 is 6.10 Å². The molecule has 0 saturated carbocycles. The Morgan fingerprint density at radius 2 is 2.08 bits per heavy atom. The Labute approximate surface area is 144 Å². The summed E-state index contributed by atoms with van der Waals surface area (Å²) in [6.07, 6.45) is 2.66. The van der Waals surface area contributed by atoms with E-state index in [1.165, 1.54) is 0 Å². The molecule has 1 aliphatic heterocycles. The van der Waals surface area contributed by atoms with Crippen molar-refractivity contribution >= 4 is 22.6 Å². The highest BCUT2D eigenvalue weighted by molar-refractivity contribution is 5.96. The minimum Gasteiger partial charge on any atom is -0.485 e. The normalized spacial score (nSPS) is 16.2. The smallest absolute Gasteiger partial charge is 0.269 e. The second-order valence-corrected chi connectivity index (χ2v) is 6.17. The van der Waals surface area contributed by atoms with Crippen LogP contribution in [0.4, 0.5) is 5.69 Å². The van der Waals surface area contributed by atoms with Gasteiger partial charge in [0, 0.05) is 11.4 Å². The first-order chi connectivity index (χ1) is 12.1. The highest BCUT2D eigenvalue weighted by Crippen LogP contribution is 2.31. The van der Waals surface area contributed by atoms with E-state index in [1.807, 2.05) is 42.8 Å². The maximum Gasteiger partial charge on any atom is 0.269 e. The predicted octanol–water partition coefficient (Wildman–Crippen LogP) is 2.79. The summed E-state index contributed by atoms with van der Waals surface area (Å²) in [5.41, 5.74) is 1.39. The van der Waals surface area contributed by atoms with E-state index in [-0.39, 0.29) is 18.6 Å². The topological polar surface area (TPSA) is 78.3 Å². The molecule has 1 amide bonds. The van der Waals surface area contributed by atoms with Crippen molar-refractivity contribution in [2.45, 2.75) is 26.0 Å². The number of nitrogens with zero attached hydrogens (tertiary/aromatic N) is 3. The Balaban J connectivity index is 1.50. The molecule has 1 aliphatic rings. The van der Waals surface area contributed by atoms with Gasteiger partial charge in [-0.25, -0.2) is 9.67 Å². The standard InChI is InChI=1S/C18H18N4O3/c1-11(2)22-17-12(8-20-22)7-13(9-19-17)21-18(23)16-10-24-14-5-3-4-6-15(14)25-16/h3-9,11,16H,10H2,1-2H3,(H,21,23). The molecule has 7 heteroatoms. The Morgan fingerprint density at radius 1 is 1.28 bits per heavy atom. The second kappa shape index (κ2) is 6.08. The molecule has 7 nitrogen and oxygen atoms in total. The summed E-state index contributed by atoms with van der Waals surface area (Å²) in [7, 11) is 0. The molecule has 4 rings (SSSR count). The number of hydrogen-bond acceptors (Lipinski definition) is 5. The number of carbonyl (C=O) groups excluding carboxylic acids is 1. The van der Waals surface area contributed by atoms with Crippen molar-refractivity contribution in [1.29, 1.82) is 0 Å². The Morgan fingerprint density at radius 3 is 2.88 bits per heavy atom. The first-order valence-electron chi connectivity index (χ1n) is 8.14. The highest BCUT2D eigenvalue weighted by atomic mass is 16.6. The lowest BCUT2D eigenvalue weighted by molar-refractivity contribution is -0.125. The van der Waals surface area contributed by atoms with Crippen LogP contribution in [0.25, 0.3) is 11.0 Å². The van der Waals surface area contributed by atoms with Crippen LogP contribution in [0.2, 0.25) is 0 Å². The molecule has 0 saturated heterocycles. The van der Waals surface area contributed by atoms with Crippen molar-refractivity contribution in [2.24, 2.45) is 0 Å². The molecule has 0 aliphatic carbocycles. The Kier molecular flexibility index (Phi) is 3.76. The molecule has 0 radical (unpaired) electrons. The van der Waals surface area contributed by atoms with Crippen molar-refractivity contribution < 1.29 is 14.3 Å². The fourth-order valence-electron chi connectivity index (χ4n) is 2.76. The van der Waals surface area contributed by atoms with Gasteiger partial charge in [-0.15, -0.1) is 0 Å². The number of fused-ring (bicyclic) bond motifs is 2. The predicted molar refractivity (Wildman–Crippen MR) is 92.9 cm³/mol. The lowest BCUT2D eigenvalue weighted by Gasteiger charge is -2.25. The van der Waals surface area contributed by atoms with Crippen LogP contribution in [-0.4, -0.2) is 33.4 Å². The third kappa shape index (κ3) is 2.88. The van der Waals surface area contributed by atoms with E-state index in [9.17, 15) is 4.79 Å². The van der Waals surface area contributed by atoms with Gasteiger partial charge >= 0.3 is 0 Å². The zero-order chi connectivity index (χ0) is 17.4. The molecule has 1 atom stereocenters. The molecule has 0 bridgehead atoms. The van der Waals surface area contributed by atoms with Crippen LogP contribution in [0.15, 0.2) is 42.7 Å². The van der Waals surface area contributed by atoms with Gasteiger partial charge in [0.2, 0.25) is 6.10 Å². The van der Waals surface area contributed by atoms with Gasteiger partial charge in [0.1, 0.15) is 6.61 Å². The van der Waals surface area contributed by atoms with Crippen LogP contribution in [0.3, 0.4) is 0 Å². The number of aromatic nitrogens is 3. The van der Waals surface area contributed by atoms with Gasteiger partial charge in [-0.3, -0.25) is 4.79 Å². The minimum atomic E-state index is -0.705. The van der Waals surface area contributed by atoms with Crippen LogP contribution in [0, 0.1) is 0 Å². The number of pyridine rings is 1. The number of amides is 1. The van der Waals surface area contributed by atoms with Crippen LogP contribution < -0.4 is 14.8 Å². The molecule has 128 valence electrons. The molecule has 0 spiro atoms. The Bertz CT molecular complexity index is 935. The monoisotopic (exact) mass is 338 g/mol. The molecule has 1 unspecified atom stereocenters. The second-order valence-electron chi connectivity index (χ2n) is 6.17. The van der Waals surface area contributed by atoms with E-state index in [4.69, 9.17) is 9.47 Å². The number of benzene rings is 1. The summed E-state index contributed by atoms with van der Waals surface area (Å²) >= 11 is 0. The zero-order valence-corrected chi connectivity index (χ0v) is 14.0. The summed E-state index contributed by atoms with van der Waals surface area (Å²) in [5.74, 6) is 0.948. The first-order valence-corrected chi connectivity index (χ1v) is 8.14. The van der Waals surface area contributed by atoms with E-state index >= 15 is 0 Å². The molecular formula is C18H18N4O3. The number of hydrogen-bond donors (Lipinski definition) is 1. The summed E-state index contributed by atoms with van der Waals surface area (Å²) in [5, 5.41) is 8.03. The lowest BCUT2D eigenvalue weighted by Crippen LogP contribution is -2.40. The fraction of sp³-hybridized carbons (Fsp3) is 0.278. The third-order valence-electron chi connectivity index (χ3n) is 3.99. The van der Waals surface area contributed by atoms with E-state index in [1.54, 1.807) is 18.5 Å². The van der Waals surface area contributed by atoms with Crippen molar-refractivity contribution in [3.63, 3.8) is 0 Å². The molecule has 3 heterocycles. The number of anilines is 1. The van der Waals surface area contributed by atoms with Gasteiger partial charge in [-0.05, 0) is 32.0 Å². The molecule has 0 fully saturated rings. The quantitative estimate of drug-likeness (QED) is 0.794. The first kappa shape index (κ1) is 15.4. The molecule has 3 aromatic rings. The van der Waals surface area contributed by atoms with E-state index in [0.717, 1.165) is 11.0 Å². The van der Waals surface area contributed by atoms with Gasteiger partial charge in [-0.1, -0.05) is 12.1 Å². The summed E-state index contributed by atoms with van der Waals surface area (Å²) in [6.45, 7) is 4.26. The van der Waals surface area contributed by atoms with Crippen LogP contribution in [0.1, 0.15) is 19.9 Å². The maximum atomic E-state index is 12.5. The van der Waals surface area contributed by atoms with Crippen molar-refractivity contribution in [3.05, 3.63) is 42.7 Å². The SMILES string of the molecule is CC(C)n1ncc2cc(NC(=O)C3COc4ccccc4O3)cnc21. The molecular weight excluding hydrogens is 320 g/mol. The summed E-state index contributed by atoms with van der Waals surface area (Å²) in [6, 6.07) is 9.37.